The summed E-state index contributed by atoms with van der Waals surface area (Å²) in [6.07, 6.45) is 0. The van der Waals surface area contributed by atoms with E-state index in [0.717, 1.165) is 5.69 Å². The molecular formula is C17H16N2O2S. The number of benzene rings is 2. The molecule has 0 bridgehead atoms. The molecule has 5 heteroatoms. The number of carbonyl (C=O) groups excluding carboxylic acids is 2. The highest BCUT2D eigenvalue weighted by atomic mass is 32.1. The number of amides is 1. The first-order valence-electron chi connectivity index (χ1n) is 6.80. The van der Waals surface area contributed by atoms with Crippen LogP contribution >= 0.6 is 12.2 Å². The van der Waals surface area contributed by atoms with Crippen LogP contribution in [0.25, 0.3) is 0 Å². The van der Waals surface area contributed by atoms with Gasteiger partial charge in [0.2, 0.25) is 5.91 Å². The zero-order valence-corrected chi connectivity index (χ0v) is 12.9. The van der Waals surface area contributed by atoms with Gasteiger partial charge in [-0.2, -0.15) is 0 Å². The number of hydrogen-bond acceptors (Lipinski definition) is 3. The molecule has 0 aromatic heterocycles. The van der Waals surface area contributed by atoms with Crippen LogP contribution in [-0.2, 0) is 9.59 Å². The lowest BCUT2D eigenvalue weighted by atomic mass is 10.0. The highest BCUT2D eigenvalue weighted by Gasteiger charge is 2.28. The summed E-state index contributed by atoms with van der Waals surface area (Å²) in [5.74, 6) is -1.76. The van der Waals surface area contributed by atoms with Crippen molar-refractivity contribution in [3.05, 3.63) is 60.7 Å². The molecule has 2 N–H and O–H groups in total. The molecule has 2 aromatic rings. The fourth-order valence-electron chi connectivity index (χ4n) is 1.96. The van der Waals surface area contributed by atoms with Gasteiger partial charge < -0.3 is 10.6 Å². The Bertz CT molecular complexity index is 618. The SMILES string of the molecule is CC(=O)[C@H](C(=O)Nc1ccccc1)C(=S)Nc1ccccc1. The Kier molecular flexibility index (Phi) is 5.38. The number of hydrogen-bond donors (Lipinski definition) is 2. The number of rotatable bonds is 5. The number of Topliss-reactive ketones (excluding diaryl/α,β-unsaturated/α-hetero) is 1. The predicted molar refractivity (Wildman–Crippen MR) is 91.9 cm³/mol. The van der Waals surface area contributed by atoms with Crippen molar-refractivity contribution in [1.29, 1.82) is 0 Å². The summed E-state index contributed by atoms with van der Waals surface area (Å²) in [5, 5.41) is 5.64. The Balaban J connectivity index is 2.10. The Morgan fingerprint density at radius 2 is 1.32 bits per heavy atom. The van der Waals surface area contributed by atoms with E-state index in [0.29, 0.717) is 5.69 Å². The van der Waals surface area contributed by atoms with Crippen LogP contribution in [0, 0.1) is 5.92 Å². The van der Waals surface area contributed by atoms with Crippen molar-refractivity contribution in [1.82, 2.24) is 0 Å². The highest BCUT2D eigenvalue weighted by Crippen LogP contribution is 2.13. The first-order chi connectivity index (χ1) is 10.6. The molecule has 0 aliphatic rings. The van der Waals surface area contributed by atoms with E-state index in [9.17, 15) is 9.59 Å². The van der Waals surface area contributed by atoms with E-state index in [1.54, 1.807) is 24.3 Å². The highest BCUT2D eigenvalue weighted by molar-refractivity contribution is 7.80. The van der Waals surface area contributed by atoms with Gasteiger partial charge in [-0.1, -0.05) is 48.6 Å². The van der Waals surface area contributed by atoms with Crippen molar-refractivity contribution in [3.8, 4) is 0 Å². The number of carbonyl (C=O) groups is 2. The predicted octanol–water partition coefficient (Wildman–Crippen LogP) is 3.27. The third-order valence-corrected chi connectivity index (χ3v) is 3.35. The maximum Gasteiger partial charge on any atom is 0.241 e. The van der Waals surface area contributed by atoms with Crippen LogP contribution in [0.2, 0.25) is 0 Å². The molecule has 112 valence electrons. The van der Waals surface area contributed by atoms with Gasteiger partial charge in [-0.15, -0.1) is 0 Å². The average molecular weight is 312 g/mol. The smallest absolute Gasteiger partial charge is 0.241 e. The van der Waals surface area contributed by atoms with Crippen LogP contribution < -0.4 is 10.6 Å². The fraction of sp³-hybridized carbons (Fsp3) is 0.118. The van der Waals surface area contributed by atoms with E-state index in [2.05, 4.69) is 10.6 Å². The number of nitrogens with one attached hydrogen (secondary N) is 2. The molecule has 0 unspecified atom stereocenters. The molecule has 2 aromatic carbocycles. The molecule has 0 radical (unpaired) electrons. The lowest BCUT2D eigenvalue weighted by Gasteiger charge is -2.16. The average Bonchev–Trinajstić information content (AvgIpc) is 2.48. The quantitative estimate of drug-likeness (QED) is 0.657. The monoisotopic (exact) mass is 312 g/mol. The van der Waals surface area contributed by atoms with Crippen molar-refractivity contribution in [2.75, 3.05) is 10.6 Å². The molecule has 1 atom stereocenters. The van der Waals surface area contributed by atoms with Gasteiger partial charge in [-0.25, -0.2) is 0 Å². The van der Waals surface area contributed by atoms with E-state index in [4.69, 9.17) is 12.2 Å². The second-order valence-corrected chi connectivity index (χ2v) is 5.19. The first kappa shape index (κ1) is 15.9. The van der Waals surface area contributed by atoms with Gasteiger partial charge in [0.15, 0.2) is 0 Å². The van der Waals surface area contributed by atoms with Crippen molar-refractivity contribution in [3.63, 3.8) is 0 Å². The van der Waals surface area contributed by atoms with Crippen LogP contribution in [0.15, 0.2) is 60.7 Å². The number of ketones is 1. The lowest BCUT2D eigenvalue weighted by Crippen LogP contribution is -2.37. The normalized spacial score (nSPS) is 11.3. The molecule has 0 saturated heterocycles. The third kappa shape index (κ3) is 4.23. The maximum absolute atomic E-state index is 12.3. The topological polar surface area (TPSA) is 58.2 Å². The Morgan fingerprint density at radius 1 is 0.864 bits per heavy atom. The van der Waals surface area contributed by atoms with Crippen molar-refractivity contribution < 1.29 is 9.59 Å². The summed E-state index contributed by atoms with van der Waals surface area (Å²) in [6.45, 7) is 1.36. The fourth-order valence-corrected chi connectivity index (χ4v) is 2.35. The molecule has 0 aliphatic heterocycles. The molecule has 0 aliphatic carbocycles. The van der Waals surface area contributed by atoms with Crippen LogP contribution in [0.5, 0.6) is 0 Å². The minimum absolute atomic E-state index is 0.187. The summed E-state index contributed by atoms with van der Waals surface area (Å²) in [6, 6.07) is 18.2. The summed E-state index contributed by atoms with van der Waals surface area (Å²) in [5.41, 5.74) is 1.37. The third-order valence-electron chi connectivity index (χ3n) is 3.01. The minimum atomic E-state index is -1.02. The van der Waals surface area contributed by atoms with Gasteiger partial charge in [0.25, 0.3) is 0 Å². The van der Waals surface area contributed by atoms with E-state index in [1.807, 2.05) is 36.4 Å². The summed E-state index contributed by atoms with van der Waals surface area (Å²) < 4.78 is 0. The standard InChI is InChI=1S/C17H16N2O2S/c1-12(20)15(16(21)18-13-8-4-2-5-9-13)17(22)19-14-10-6-3-7-11-14/h2-11,15H,1H3,(H,18,21)(H,19,22)/t15-/m1/s1. The Hall–Kier alpha value is -2.53. The number of para-hydroxylation sites is 2. The molecule has 2 rings (SSSR count). The molecule has 4 nitrogen and oxygen atoms in total. The van der Waals surface area contributed by atoms with Crippen LogP contribution in [0.4, 0.5) is 11.4 Å². The lowest BCUT2D eigenvalue weighted by molar-refractivity contribution is -0.126. The van der Waals surface area contributed by atoms with Gasteiger partial charge in [0, 0.05) is 11.4 Å². The van der Waals surface area contributed by atoms with Crippen LogP contribution in [-0.4, -0.2) is 16.7 Å². The maximum atomic E-state index is 12.3. The second-order valence-electron chi connectivity index (χ2n) is 4.75. The first-order valence-corrected chi connectivity index (χ1v) is 7.21. The van der Waals surface area contributed by atoms with Gasteiger partial charge in [0.05, 0.1) is 4.99 Å². The number of thiocarbonyl (C=S) groups is 1. The Morgan fingerprint density at radius 3 is 1.77 bits per heavy atom. The van der Waals surface area contributed by atoms with E-state index >= 15 is 0 Å². The minimum Gasteiger partial charge on any atom is -0.349 e. The molecule has 0 saturated carbocycles. The Labute approximate surface area is 134 Å². The van der Waals surface area contributed by atoms with Gasteiger partial charge in [-0.05, 0) is 31.2 Å². The summed E-state index contributed by atoms with van der Waals surface area (Å²) >= 11 is 5.23. The largest absolute Gasteiger partial charge is 0.349 e. The molecule has 0 spiro atoms. The van der Waals surface area contributed by atoms with E-state index in [-0.39, 0.29) is 10.8 Å². The zero-order valence-electron chi connectivity index (χ0n) is 12.1. The summed E-state index contributed by atoms with van der Waals surface area (Å²) in [7, 11) is 0. The van der Waals surface area contributed by atoms with Gasteiger partial charge in [0.1, 0.15) is 11.7 Å². The van der Waals surface area contributed by atoms with Gasteiger partial charge >= 0.3 is 0 Å². The molecular weight excluding hydrogens is 296 g/mol. The molecule has 0 heterocycles. The molecule has 22 heavy (non-hydrogen) atoms. The second kappa shape index (κ2) is 7.47. The van der Waals surface area contributed by atoms with Gasteiger partial charge in [-0.3, -0.25) is 9.59 Å². The van der Waals surface area contributed by atoms with Crippen molar-refractivity contribution in [2.24, 2.45) is 5.92 Å². The van der Waals surface area contributed by atoms with E-state index in [1.165, 1.54) is 6.92 Å². The van der Waals surface area contributed by atoms with Crippen molar-refractivity contribution >= 4 is 40.3 Å². The van der Waals surface area contributed by atoms with Crippen molar-refractivity contribution in [2.45, 2.75) is 6.92 Å². The molecule has 0 fully saturated rings. The zero-order chi connectivity index (χ0) is 15.9. The van der Waals surface area contributed by atoms with Crippen LogP contribution in [0.3, 0.4) is 0 Å². The van der Waals surface area contributed by atoms with Crippen LogP contribution in [0.1, 0.15) is 6.92 Å². The molecule has 1 amide bonds. The summed E-state index contributed by atoms with van der Waals surface area (Å²) in [4.78, 5) is 24.3. The van der Waals surface area contributed by atoms with E-state index < -0.39 is 11.8 Å². The number of anilines is 2.